The second-order valence-electron chi connectivity index (χ2n) is 4.55. The van der Waals surface area contributed by atoms with E-state index in [1.54, 1.807) is 0 Å². The molecule has 0 bridgehead atoms. The topological polar surface area (TPSA) is 18.5 Å². The molecule has 0 N–H and O–H groups in total. The molecule has 2 nitrogen and oxygen atoms in total. The van der Waals surface area contributed by atoms with E-state index in [0.29, 0.717) is 6.61 Å². The number of ether oxygens (including phenoxy) is 2. The average Bonchev–Trinajstić information content (AvgIpc) is 2.40. The molecule has 1 aromatic rings. The second-order valence-corrected chi connectivity index (χ2v) is 4.55. The van der Waals surface area contributed by atoms with Crippen LogP contribution >= 0.6 is 0 Å². The van der Waals surface area contributed by atoms with Crippen molar-refractivity contribution in [2.45, 2.75) is 46.0 Å². The third-order valence-corrected chi connectivity index (χ3v) is 2.71. The molecule has 0 aliphatic carbocycles. The van der Waals surface area contributed by atoms with Crippen LogP contribution in [0.3, 0.4) is 0 Å². The molecule has 2 atom stereocenters. The van der Waals surface area contributed by atoms with Gasteiger partial charge in [0.05, 0.1) is 12.7 Å². The first-order valence-electron chi connectivity index (χ1n) is 6.63. The smallest absolute Gasteiger partial charge is 0.158 e. The summed E-state index contributed by atoms with van der Waals surface area (Å²) in [4.78, 5) is 0. The van der Waals surface area contributed by atoms with E-state index in [2.05, 4.69) is 32.6 Å². The first kappa shape index (κ1) is 14.9. The minimum atomic E-state index is -0.160. The van der Waals surface area contributed by atoms with Crippen molar-refractivity contribution in [3.63, 3.8) is 0 Å². The number of hydrogen-bond acceptors (Lipinski definition) is 2. The van der Waals surface area contributed by atoms with Gasteiger partial charge in [-0.2, -0.15) is 0 Å². The van der Waals surface area contributed by atoms with Gasteiger partial charge in [0, 0.05) is 0 Å². The van der Waals surface area contributed by atoms with Gasteiger partial charge in [0.1, 0.15) is 0 Å². The SMILES string of the molecule is C=C(C)COC(CC)OC(CC)c1ccccc1. The van der Waals surface area contributed by atoms with Crippen molar-refractivity contribution >= 4 is 0 Å². The minimum Gasteiger partial charge on any atom is -0.348 e. The predicted octanol–water partition coefficient (Wildman–Crippen LogP) is 4.48. The predicted molar refractivity (Wildman–Crippen MR) is 75.4 cm³/mol. The summed E-state index contributed by atoms with van der Waals surface area (Å²) in [6, 6.07) is 10.3. The molecular weight excluding hydrogens is 224 g/mol. The quantitative estimate of drug-likeness (QED) is 0.498. The van der Waals surface area contributed by atoms with Crippen molar-refractivity contribution in [1.29, 1.82) is 0 Å². The largest absolute Gasteiger partial charge is 0.348 e. The van der Waals surface area contributed by atoms with E-state index in [1.807, 2.05) is 25.1 Å². The lowest BCUT2D eigenvalue weighted by molar-refractivity contribution is -0.169. The molecule has 1 aromatic carbocycles. The Morgan fingerprint density at radius 1 is 1.17 bits per heavy atom. The summed E-state index contributed by atoms with van der Waals surface area (Å²) in [7, 11) is 0. The highest BCUT2D eigenvalue weighted by atomic mass is 16.7. The Morgan fingerprint density at radius 2 is 1.83 bits per heavy atom. The van der Waals surface area contributed by atoms with Crippen LogP contribution in [0.1, 0.15) is 45.3 Å². The van der Waals surface area contributed by atoms with Gasteiger partial charge in [-0.05, 0) is 25.3 Å². The molecule has 0 aliphatic rings. The Labute approximate surface area is 111 Å². The Kier molecular flexibility index (Phi) is 6.69. The molecule has 0 aliphatic heterocycles. The summed E-state index contributed by atoms with van der Waals surface area (Å²) in [6.45, 7) is 10.6. The molecule has 0 spiro atoms. The number of rotatable bonds is 8. The van der Waals surface area contributed by atoms with Gasteiger partial charge in [0.25, 0.3) is 0 Å². The molecule has 2 unspecified atom stereocenters. The third kappa shape index (κ3) is 5.03. The standard InChI is InChI=1S/C16H24O2/c1-5-15(14-10-8-7-9-11-14)18-16(6-2)17-12-13(3)4/h7-11,15-16H,3,5-6,12H2,1-2,4H3. The number of hydrogen-bond donors (Lipinski definition) is 0. The van der Waals surface area contributed by atoms with Gasteiger partial charge >= 0.3 is 0 Å². The highest BCUT2D eigenvalue weighted by Gasteiger charge is 2.15. The maximum atomic E-state index is 6.02. The molecule has 0 saturated carbocycles. The molecule has 1 rings (SSSR count). The Bertz CT molecular complexity index is 345. The van der Waals surface area contributed by atoms with E-state index in [4.69, 9.17) is 9.47 Å². The van der Waals surface area contributed by atoms with Crippen molar-refractivity contribution in [1.82, 2.24) is 0 Å². The fourth-order valence-corrected chi connectivity index (χ4v) is 1.75. The van der Waals surface area contributed by atoms with Crippen LogP contribution in [-0.2, 0) is 9.47 Å². The molecule has 0 aromatic heterocycles. The lowest BCUT2D eigenvalue weighted by Crippen LogP contribution is -2.20. The fourth-order valence-electron chi connectivity index (χ4n) is 1.75. The van der Waals surface area contributed by atoms with E-state index >= 15 is 0 Å². The third-order valence-electron chi connectivity index (χ3n) is 2.71. The zero-order valence-electron chi connectivity index (χ0n) is 11.7. The lowest BCUT2D eigenvalue weighted by atomic mass is 10.1. The van der Waals surface area contributed by atoms with E-state index in [1.165, 1.54) is 5.56 Å². The van der Waals surface area contributed by atoms with Gasteiger partial charge in [-0.15, -0.1) is 0 Å². The van der Waals surface area contributed by atoms with Crippen LogP contribution in [0.25, 0.3) is 0 Å². The van der Waals surface area contributed by atoms with Crippen molar-refractivity contribution in [3.05, 3.63) is 48.0 Å². The van der Waals surface area contributed by atoms with Crippen LogP contribution in [0, 0.1) is 0 Å². The molecular formula is C16H24O2. The Balaban J connectivity index is 2.58. The fraction of sp³-hybridized carbons (Fsp3) is 0.500. The molecule has 100 valence electrons. The Morgan fingerprint density at radius 3 is 2.33 bits per heavy atom. The summed E-state index contributed by atoms with van der Waals surface area (Å²) in [5.74, 6) is 0. The zero-order chi connectivity index (χ0) is 13.4. The van der Waals surface area contributed by atoms with Crippen LogP contribution < -0.4 is 0 Å². The summed E-state index contributed by atoms with van der Waals surface area (Å²) in [5.41, 5.74) is 2.22. The van der Waals surface area contributed by atoms with Crippen LogP contribution in [0.5, 0.6) is 0 Å². The van der Waals surface area contributed by atoms with Gasteiger partial charge in [-0.25, -0.2) is 0 Å². The summed E-state index contributed by atoms with van der Waals surface area (Å²) in [6.07, 6.45) is 1.72. The maximum absolute atomic E-state index is 6.02. The monoisotopic (exact) mass is 248 g/mol. The van der Waals surface area contributed by atoms with Gasteiger partial charge in [0.15, 0.2) is 6.29 Å². The van der Waals surface area contributed by atoms with E-state index < -0.39 is 0 Å². The van der Waals surface area contributed by atoms with Crippen molar-refractivity contribution in [2.24, 2.45) is 0 Å². The zero-order valence-corrected chi connectivity index (χ0v) is 11.7. The molecule has 0 saturated heterocycles. The maximum Gasteiger partial charge on any atom is 0.158 e. The molecule has 2 heteroatoms. The van der Waals surface area contributed by atoms with Crippen molar-refractivity contribution < 1.29 is 9.47 Å². The van der Waals surface area contributed by atoms with Gasteiger partial charge in [-0.1, -0.05) is 56.3 Å². The minimum absolute atomic E-state index is 0.0984. The van der Waals surface area contributed by atoms with Crippen LogP contribution in [0.15, 0.2) is 42.5 Å². The Hall–Kier alpha value is -1.12. The number of benzene rings is 1. The van der Waals surface area contributed by atoms with Crippen molar-refractivity contribution in [2.75, 3.05) is 6.61 Å². The summed E-state index contributed by atoms with van der Waals surface area (Å²) >= 11 is 0. The first-order valence-corrected chi connectivity index (χ1v) is 6.63. The highest BCUT2D eigenvalue weighted by Crippen LogP contribution is 2.23. The van der Waals surface area contributed by atoms with E-state index in [0.717, 1.165) is 18.4 Å². The molecule has 0 heterocycles. The molecule has 0 radical (unpaired) electrons. The first-order chi connectivity index (χ1) is 8.67. The molecule has 18 heavy (non-hydrogen) atoms. The van der Waals surface area contributed by atoms with Gasteiger partial charge in [-0.3, -0.25) is 0 Å². The highest BCUT2D eigenvalue weighted by molar-refractivity contribution is 5.17. The van der Waals surface area contributed by atoms with Crippen LogP contribution in [0.2, 0.25) is 0 Å². The van der Waals surface area contributed by atoms with Gasteiger partial charge < -0.3 is 9.47 Å². The van der Waals surface area contributed by atoms with Gasteiger partial charge in [0.2, 0.25) is 0 Å². The molecule has 0 amide bonds. The van der Waals surface area contributed by atoms with Crippen LogP contribution in [-0.4, -0.2) is 12.9 Å². The van der Waals surface area contributed by atoms with E-state index in [-0.39, 0.29) is 12.4 Å². The summed E-state index contributed by atoms with van der Waals surface area (Å²) in [5, 5.41) is 0. The van der Waals surface area contributed by atoms with Crippen molar-refractivity contribution in [3.8, 4) is 0 Å². The summed E-state index contributed by atoms with van der Waals surface area (Å²) < 4.78 is 11.7. The average molecular weight is 248 g/mol. The second kappa shape index (κ2) is 8.06. The van der Waals surface area contributed by atoms with Crippen LogP contribution in [0.4, 0.5) is 0 Å². The molecule has 0 fully saturated rings. The van der Waals surface area contributed by atoms with E-state index in [9.17, 15) is 0 Å². The lowest BCUT2D eigenvalue weighted by Gasteiger charge is -2.24. The normalized spacial score (nSPS) is 14.2.